The highest BCUT2D eigenvalue weighted by molar-refractivity contribution is 7.25. The normalized spacial score (nSPS) is 11.6. The highest BCUT2D eigenvalue weighted by Crippen LogP contribution is 2.37. The van der Waals surface area contributed by atoms with Gasteiger partial charge in [-0.15, -0.1) is 22.7 Å². The van der Waals surface area contributed by atoms with E-state index in [9.17, 15) is 0 Å². The Labute approximate surface area is 90.8 Å². The van der Waals surface area contributed by atoms with E-state index >= 15 is 0 Å². The summed E-state index contributed by atoms with van der Waals surface area (Å²) in [5, 5.41) is 7.34. The first-order valence-electron chi connectivity index (χ1n) is 4.62. The van der Waals surface area contributed by atoms with Gasteiger partial charge in [-0.1, -0.05) is 12.1 Å². The second-order valence-electron chi connectivity index (χ2n) is 3.66. The quantitative estimate of drug-likeness (QED) is 0.511. The van der Waals surface area contributed by atoms with Crippen molar-refractivity contribution in [2.24, 2.45) is 0 Å². The predicted octanol–water partition coefficient (Wildman–Crippen LogP) is 4.73. The standard InChI is InChI=1S/C12H10S2/c1-7-5-13-11-9(7)3-4-10-8(2)6-14-12(10)11/h3-6H,1-2H3. The number of hydrogen-bond donors (Lipinski definition) is 0. The zero-order valence-corrected chi connectivity index (χ0v) is 9.76. The van der Waals surface area contributed by atoms with E-state index in [1.165, 1.54) is 31.3 Å². The molecule has 0 aliphatic carbocycles. The maximum Gasteiger partial charge on any atom is 0.0523 e. The van der Waals surface area contributed by atoms with Crippen LogP contribution in [0.2, 0.25) is 0 Å². The Bertz CT molecular complexity index is 558. The summed E-state index contributed by atoms with van der Waals surface area (Å²) < 4.78 is 2.91. The van der Waals surface area contributed by atoms with Crippen molar-refractivity contribution in [2.75, 3.05) is 0 Å². The summed E-state index contributed by atoms with van der Waals surface area (Å²) in [6.07, 6.45) is 0. The van der Waals surface area contributed by atoms with E-state index in [1.54, 1.807) is 0 Å². The molecule has 0 N–H and O–H groups in total. The summed E-state index contributed by atoms with van der Waals surface area (Å²) in [5.41, 5.74) is 2.80. The monoisotopic (exact) mass is 218 g/mol. The molecule has 14 heavy (non-hydrogen) atoms. The summed E-state index contributed by atoms with van der Waals surface area (Å²) in [4.78, 5) is 0. The van der Waals surface area contributed by atoms with Crippen LogP contribution in [0.1, 0.15) is 11.1 Å². The van der Waals surface area contributed by atoms with Crippen LogP contribution in [0.3, 0.4) is 0 Å². The van der Waals surface area contributed by atoms with Crippen molar-refractivity contribution in [1.29, 1.82) is 0 Å². The molecule has 0 atom stereocenters. The number of rotatable bonds is 0. The Morgan fingerprint density at radius 1 is 0.786 bits per heavy atom. The molecule has 0 saturated carbocycles. The first kappa shape index (κ1) is 8.45. The topological polar surface area (TPSA) is 0 Å². The van der Waals surface area contributed by atoms with Crippen molar-refractivity contribution in [1.82, 2.24) is 0 Å². The van der Waals surface area contributed by atoms with Gasteiger partial charge in [0, 0.05) is 0 Å². The number of aryl methyl sites for hydroxylation is 2. The smallest absolute Gasteiger partial charge is 0.0523 e. The van der Waals surface area contributed by atoms with E-state index in [2.05, 4.69) is 36.7 Å². The average Bonchev–Trinajstić information content (AvgIpc) is 2.72. The Morgan fingerprint density at radius 2 is 1.21 bits per heavy atom. The van der Waals surface area contributed by atoms with Crippen LogP contribution in [0.15, 0.2) is 22.9 Å². The summed E-state index contributed by atoms with van der Waals surface area (Å²) in [7, 11) is 0. The molecule has 70 valence electrons. The van der Waals surface area contributed by atoms with E-state index < -0.39 is 0 Å². The number of thiophene rings is 2. The molecule has 0 saturated heterocycles. The fourth-order valence-corrected chi connectivity index (χ4v) is 4.12. The van der Waals surface area contributed by atoms with Crippen molar-refractivity contribution < 1.29 is 0 Å². The molecular weight excluding hydrogens is 208 g/mol. The molecule has 2 heterocycles. The van der Waals surface area contributed by atoms with Crippen LogP contribution in [0.5, 0.6) is 0 Å². The first-order chi connectivity index (χ1) is 6.77. The summed E-state index contributed by atoms with van der Waals surface area (Å²) in [6, 6.07) is 4.51. The minimum atomic E-state index is 1.40. The number of fused-ring (bicyclic) bond motifs is 3. The van der Waals surface area contributed by atoms with Crippen LogP contribution < -0.4 is 0 Å². The largest absolute Gasteiger partial charge is 0.142 e. The molecule has 0 unspecified atom stereocenters. The third-order valence-corrected chi connectivity index (χ3v) is 5.06. The molecule has 0 aliphatic rings. The molecule has 3 rings (SSSR count). The van der Waals surface area contributed by atoms with Crippen LogP contribution in [-0.2, 0) is 0 Å². The van der Waals surface area contributed by atoms with Gasteiger partial charge in [0.2, 0.25) is 0 Å². The third-order valence-electron chi connectivity index (χ3n) is 2.67. The average molecular weight is 218 g/mol. The van der Waals surface area contributed by atoms with Crippen LogP contribution in [0.25, 0.3) is 20.2 Å². The van der Waals surface area contributed by atoms with Crippen molar-refractivity contribution in [3.63, 3.8) is 0 Å². The van der Waals surface area contributed by atoms with E-state index in [-0.39, 0.29) is 0 Å². The van der Waals surface area contributed by atoms with Gasteiger partial charge in [0.15, 0.2) is 0 Å². The summed E-state index contributed by atoms with van der Waals surface area (Å²) in [6.45, 7) is 4.37. The Morgan fingerprint density at radius 3 is 1.64 bits per heavy atom. The Hall–Kier alpha value is -0.860. The van der Waals surface area contributed by atoms with Gasteiger partial charge < -0.3 is 0 Å². The Kier molecular flexibility index (Phi) is 1.70. The van der Waals surface area contributed by atoms with Gasteiger partial charge in [-0.05, 0) is 46.5 Å². The van der Waals surface area contributed by atoms with Crippen molar-refractivity contribution in [3.8, 4) is 0 Å². The van der Waals surface area contributed by atoms with Crippen molar-refractivity contribution >= 4 is 42.8 Å². The molecule has 1 aromatic carbocycles. The lowest BCUT2D eigenvalue weighted by molar-refractivity contribution is 1.59. The van der Waals surface area contributed by atoms with Crippen molar-refractivity contribution in [2.45, 2.75) is 13.8 Å². The van der Waals surface area contributed by atoms with Crippen LogP contribution in [0, 0.1) is 13.8 Å². The lowest BCUT2D eigenvalue weighted by atomic mass is 10.1. The lowest BCUT2D eigenvalue weighted by Gasteiger charge is -1.94. The molecule has 0 aliphatic heterocycles. The minimum Gasteiger partial charge on any atom is -0.142 e. The molecule has 2 heteroatoms. The fourth-order valence-electron chi connectivity index (χ4n) is 1.84. The van der Waals surface area contributed by atoms with Crippen molar-refractivity contribution in [3.05, 3.63) is 34.0 Å². The molecule has 0 amide bonds. The van der Waals surface area contributed by atoms with Gasteiger partial charge in [0.25, 0.3) is 0 Å². The van der Waals surface area contributed by atoms with Gasteiger partial charge in [0.1, 0.15) is 0 Å². The SMILES string of the molecule is Cc1csc2c1ccc1c(C)csc12. The zero-order valence-electron chi connectivity index (χ0n) is 8.13. The van der Waals surface area contributed by atoms with E-state index in [1.807, 2.05) is 22.7 Å². The van der Waals surface area contributed by atoms with E-state index in [0.717, 1.165) is 0 Å². The van der Waals surface area contributed by atoms with E-state index in [4.69, 9.17) is 0 Å². The summed E-state index contributed by atoms with van der Waals surface area (Å²) in [5.74, 6) is 0. The molecular formula is C12H10S2. The number of benzene rings is 1. The third kappa shape index (κ3) is 0.983. The van der Waals surface area contributed by atoms with Crippen LogP contribution in [0.4, 0.5) is 0 Å². The maximum absolute atomic E-state index is 2.25. The molecule has 2 aromatic heterocycles. The molecule has 0 spiro atoms. The summed E-state index contributed by atoms with van der Waals surface area (Å²) >= 11 is 3.73. The molecule has 0 radical (unpaired) electrons. The van der Waals surface area contributed by atoms with Crippen LogP contribution in [-0.4, -0.2) is 0 Å². The van der Waals surface area contributed by atoms with Gasteiger partial charge in [0.05, 0.1) is 9.40 Å². The highest BCUT2D eigenvalue weighted by Gasteiger charge is 2.07. The highest BCUT2D eigenvalue weighted by atomic mass is 32.1. The van der Waals surface area contributed by atoms with E-state index in [0.29, 0.717) is 0 Å². The zero-order chi connectivity index (χ0) is 9.71. The van der Waals surface area contributed by atoms with Gasteiger partial charge in [-0.25, -0.2) is 0 Å². The maximum atomic E-state index is 2.25. The predicted molar refractivity (Wildman–Crippen MR) is 66.7 cm³/mol. The first-order valence-corrected chi connectivity index (χ1v) is 6.38. The van der Waals surface area contributed by atoms with Gasteiger partial charge >= 0.3 is 0 Å². The molecule has 0 fully saturated rings. The van der Waals surface area contributed by atoms with Gasteiger partial charge in [-0.3, -0.25) is 0 Å². The second-order valence-corrected chi connectivity index (χ2v) is 5.42. The lowest BCUT2D eigenvalue weighted by Crippen LogP contribution is -1.69. The van der Waals surface area contributed by atoms with Crippen LogP contribution >= 0.6 is 22.7 Å². The Balaban J connectivity index is 2.62. The number of hydrogen-bond acceptors (Lipinski definition) is 2. The second kappa shape index (κ2) is 2.81. The fraction of sp³-hybridized carbons (Fsp3) is 0.167. The molecule has 3 aromatic rings. The molecule has 0 bridgehead atoms. The van der Waals surface area contributed by atoms with Gasteiger partial charge in [-0.2, -0.15) is 0 Å². The molecule has 0 nitrogen and oxygen atoms in total. The minimum absolute atomic E-state index is 1.40.